The van der Waals surface area contributed by atoms with Crippen LogP contribution in [-0.2, 0) is 4.79 Å². The molecule has 1 aliphatic heterocycles. The van der Waals surface area contributed by atoms with E-state index in [0.29, 0.717) is 16.6 Å². The molecule has 0 saturated carbocycles. The van der Waals surface area contributed by atoms with Crippen LogP contribution in [0.2, 0.25) is 10.0 Å². The van der Waals surface area contributed by atoms with E-state index in [1.165, 1.54) is 11.0 Å². The Morgan fingerprint density at radius 1 is 1.11 bits per heavy atom. The average Bonchev–Trinajstić information content (AvgIpc) is 2.60. The third kappa shape index (κ3) is 2.14. The summed E-state index contributed by atoms with van der Waals surface area (Å²) < 4.78 is 0. The fourth-order valence-electron chi connectivity index (χ4n) is 1.77. The van der Waals surface area contributed by atoms with Crippen molar-refractivity contribution in [3.63, 3.8) is 0 Å². The van der Waals surface area contributed by atoms with Gasteiger partial charge in [-0.3, -0.25) is 14.5 Å². The molecule has 0 N–H and O–H groups in total. The predicted molar refractivity (Wildman–Crippen MR) is 73.0 cm³/mol. The number of nitrogens with zero attached hydrogens (tertiary/aromatic N) is 1. The van der Waals surface area contributed by atoms with E-state index >= 15 is 0 Å². The van der Waals surface area contributed by atoms with Gasteiger partial charge in [0.25, 0.3) is 11.7 Å². The lowest BCUT2D eigenvalue weighted by Crippen LogP contribution is -2.29. The molecule has 0 spiro atoms. The van der Waals surface area contributed by atoms with E-state index in [2.05, 4.69) is 0 Å². The van der Waals surface area contributed by atoms with E-state index in [1.807, 2.05) is 0 Å². The number of halogens is 3. The molecule has 1 heterocycles. The minimum atomic E-state index is -0.628. The SMILES string of the molecule is O=C1C(=O)N(C/C=C/CCl)c2c(Cl)ccc(Cl)c21. The molecule has 0 atom stereocenters. The molecule has 0 radical (unpaired) electrons. The number of carbonyl (C=O) groups is 2. The first kappa shape index (κ1) is 13.4. The smallest absolute Gasteiger partial charge is 0.299 e. The summed E-state index contributed by atoms with van der Waals surface area (Å²) in [6.07, 6.45) is 3.39. The Bertz CT molecular complexity index is 554. The number of hydrogen-bond donors (Lipinski definition) is 0. The number of fused-ring (bicyclic) bond motifs is 1. The number of benzene rings is 1. The van der Waals surface area contributed by atoms with Crippen LogP contribution in [0, 0.1) is 0 Å². The quantitative estimate of drug-likeness (QED) is 0.488. The monoisotopic (exact) mass is 303 g/mol. The number of amides is 1. The maximum atomic E-state index is 11.9. The fraction of sp³-hybridized carbons (Fsp3) is 0.167. The van der Waals surface area contributed by atoms with Gasteiger partial charge < -0.3 is 0 Å². The van der Waals surface area contributed by atoms with E-state index in [4.69, 9.17) is 34.8 Å². The van der Waals surface area contributed by atoms with Crippen LogP contribution in [-0.4, -0.2) is 24.1 Å². The number of Topliss-reactive ketones (excluding diaryl/α,β-unsaturated/α-hetero) is 1. The van der Waals surface area contributed by atoms with E-state index in [9.17, 15) is 9.59 Å². The number of carbonyl (C=O) groups excluding carboxylic acids is 2. The minimum absolute atomic E-state index is 0.174. The fourth-order valence-corrected chi connectivity index (χ4v) is 2.39. The van der Waals surface area contributed by atoms with E-state index in [0.717, 1.165) is 0 Å². The molecule has 1 aliphatic rings. The molecule has 1 aromatic rings. The van der Waals surface area contributed by atoms with Gasteiger partial charge in [0, 0.05) is 12.4 Å². The first-order valence-corrected chi connectivity index (χ1v) is 6.42. The molecule has 1 aromatic carbocycles. The topological polar surface area (TPSA) is 37.4 Å². The summed E-state index contributed by atoms with van der Waals surface area (Å²) in [5, 5.41) is 0.560. The molecule has 2 rings (SSSR count). The van der Waals surface area contributed by atoms with Gasteiger partial charge in [-0.1, -0.05) is 35.4 Å². The van der Waals surface area contributed by atoms with Crippen LogP contribution < -0.4 is 4.90 Å². The molecule has 6 heteroatoms. The number of ketones is 1. The molecule has 0 bridgehead atoms. The van der Waals surface area contributed by atoms with Crippen molar-refractivity contribution in [3.8, 4) is 0 Å². The highest BCUT2D eigenvalue weighted by Gasteiger charge is 2.38. The molecule has 94 valence electrons. The largest absolute Gasteiger partial charge is 0.299 e. The zero-order valence-electron chi connectivity index (χ0n) is 9.12. The predicted octanol–water partition coefficient (Wildman–Crippen LogP) is 3.32. The van der Waals surface area contributed by atoms with Crippen LogP contribution in [0.15, 0.2) is 24.3 Å². The van der Waals surface area contributed by atoms with Crippen molar-refractivity contribution >= 4 is 52.2 Å². The highest BCUT2D eigenvalue weighted by atomic mass is 35.5. The Balaban J connectivity index is 2.48. The Labute approximate surface area is 119 Å². The van der Waals surface area contributed by atoms with Gasteiger partial charge in [-0.15, -0.1) is 11.6 Å². The molecule has 1 amide bonds. The Morgan fingerprint density at radius 2 is 1.78 bits per heavy atom. The van der Waals surface area contributed by atoms with Gasteiger partial charge in [-0.2, -0.15) is 0 Å². The average molecular weight is 305 g/mol. The summed E-state index contributed by atoms with van der Waals surface area (Å²) in [7, 11) is 0. The third-order valence-electron chi connectivity index (χ3n) is 2.56. The summed E-state index contributed by atoms with van der Waals surface area (Å²) >= 11 is 17.5. The second-order valence-corrected chi connectivity index (χ2v) is 4.75. The van der Waals surface area contributed by atoms with Crippen LogP contribution in [0.3, 0.4) is 0 Å². The van der Waals surface area contributed by atoms with Crippen molar-refractivity contribution in [1.82, 2.24) is 0 Å². The number of hydrogen-bond acceptors (Lipinski definition) is 2. The first-order valence-electron chi connectivity index (χ1n) is 5.13. The summed E-state index contributed by atoms with van der Waals surface area (Å²) in [5.41, 5.74) is 0.548. The van der Waals surface area contributed by atoms with Crippen molar-refractivity contribution in [3.05, 3.63) is 39.9 Å². The van der Waals surface area contributed by atoms with Crippen molar-refractivity contribution in [2.45, 2.75) is 0 Å². The molecule has 0 fully saturated rings. The van der Waals surface area contributed by atoms with Crippen LogP contribution in [0.4, 0.5) is 5.69 Å². The molecule has 0 aliphatic carbocycles. The van der Waals surface area contributed by atoms with Crippen LogP contribution >= 0.6 is 34.8 Å². The lowest BCUT2D eigenvalue weighted by molar-refractivity contribution is -0.114. The summed E-state index contributed by atoms with van der Waals surface area (Å²) in [6, 6.07) is 3.07. The Kier molecular flexibility index (Phi) is 3.95. The maximum Gasteiger partial charge on any atom is 0.299 e. The molecule has 0 saturated heterocycles. The molecule has 18 heavy (non-hydrogen) atoms. The Hall–Kier alpha value is -1.03. The summed E-state index contributed by atoms with van der Waals surface area (Å²) in [6.45, 7) is 0.240. The highest BCUT2D eigenvalue weighted by Crippen LogP contribution is 2.39. The molecule has 0 unspecified atom stereocenters. The van der Waals surface area contributed by atoms with Gasteiger partial charge in [-0.05, 0) is 12.1 Å². The third-order valence-corrected chi connectivity index (χ3v) is 3.36. The molecular weight excluding hydrogens is 296 g/mol. The van der Waals surface area contributed by atoms with E-state index in [1.54, 1.807) is 18.2 Å². The molecule has 0 aromatic heterocycles. The Morgan fingerprint density at radius 3 is 2.44 bits per heavy atom. The lowest BCUT2D eigenvalue weighted by atomic mass is 10.1. The van der Waals surface area contributed by atoms with E-state index < -0.39 is 11.7 Å². The second kappa shape index (κ2) is 5.31. The standard InChI is InChI=1S/C12H8Cl3NO2/c13-5-1-2-6-16-10-8(15)4-3-7(14)9(10)11(17)12(16)18/h1-4H,5-6H2/b2-1+. The summed E-state index contributed by atoms with van der Waals surface area (Å²) in [5.74, 6) is -0.914. The normalized spacial score (nSPS) is 14.7. The number of rotatable bonds is 3. The van der Waals surface area contributed by atoms with Gasteiger partial charge in [0.2, 0.25) is 0 Å². The van der Waals surface area contributed by atoms with Crippen LogP contribution in [0.1, 0.15) is 10.4 Å². The van der Waals surface area contributed by atoms with Crippen LogP contribution in [0.5, 0.6) is 0 Å². The second-order valence-electron chi connectivity index (χ2n) is 3.62. The van der Waals surface area contributed by atoms with Crippen molar-refractivity contribution in [2.75, 3.05) is 17.3 Å². The van der Waals surface area contributed by atoms with Gasteiger partial charge in [0.1, 0.15) is 0 Å². The molecular formula is C12H8Cl3NO2. The van der Waals surface area contributed by atoms with Gasteiger partial charge in [0.15, 0.2) is 0 Å². The minimum Gasteiger partial charge on any atom is -0.299 e. The van der Waals surface area contributed by atoms with Gasteiger partial charge >= 0.3 is 0 Å². The zero-order chi connectivity index (χ0) is 13.3. The number of alkyl halides is 1. The lowest BCUT2D eigenvalue weighted by Gasteiger charge is -2.15. The maximum absolute atomic E-state index is 11.9. The molecule has 3 nitrogen and oxygen atoms in total. The van der Waals surface area contributed by atoms with Crippen molar-refractivity contribution in [1.29, 1.82) is 0 Å². The summed E-state index contributed by atoms with van der Waals surface area (Å²) in [4.78, 5) is 25.0. The van der Waals surface area contributed by atoms with E-state index in [-0.39, 0.29) is 17.1 Å². The highest BCUT2D eigenvalue weighted by molar-refractivity contribution is 6.57. The van der Waals surface area contributed by atoms with Crippen molar-refractivity contribution < 1.29 is 9.59 Å². The number of anilines is 1. The zero-order valence-corrected chi connectivity index (χ0v) is 11.4. The van der Waals surface area contributed by atoms with Gasteiger partial charge in [0.05, 0.1) is 21.3 Å². The number of allylic oxidation sites excluding steroid dienone is 1. The van der Waals surface area contributed by atoms with Crippen LogP contribution in [0.25, 0.3) is 0 Å². The first-order chi connectivity index (χ1) is 8.57. The van der Waals surface area contributed by atoms with Gasteiger partial charge in [-0.25, -0.2) is 0 Å². The van der Waals surface area contributed by atoms with Crippen molar-refractivity contribution in [2.24, 2.45) is 0 Å².